The third-order valence-electron chi connectivity index (χ3n) is 4.64. The Morgan fingerprint density at radius 1 is 1.29 bits per heavy atom. The Morgan fingerprint density at radius 2 is 1.88 bits per heavy atom. The minimum absolute atomic E-state index is 0.0198. The average Bonchev–Trinajstić information content (AvgIpc) is 2.62. The molecule has 5 heteroatoms. The summed E-state index contributed by atoms with van der Waals surface area (Å²) in [6.45, 7) is 9.23. The smallest absolute Gasteiger partial charge is 0.239 e. The van der Waals surface area contributed by atoms with E-state index in [1.807, 2.05) is 0 Å². The normalized spacial score (nSPS) is 30.6. The summed E-state index contributed by atoms with van der Waals surface area (Å²) < 4.78 is 0. The van der Waals surface area contributed by atoms with Crippen molar-refractivity contribution in [2.45, 2.75) is 39.8 Å². The maximum atomic E-state index is 12.0. The Morgan fingerprint density at radius 3 is 2.29 bits per heavy atom. The fourth-order valence-electron chi connectivity index (χ4n) is 2.55. The van der Waals surface area contributed by atoms with E-state index in [1.165, 1.54) is 0 Å². The van der Waals surface area contributed by atoms with E-state index in [0.29, 0.717) is 6.54 Å². The molecule has 0 spiro atoms. The van der Waals surface area contributed by atoms with Crippen molar-refractivity contribution >= 4 is 11.8 Å². The highest BCUT2D eigenvalue weighted by atomic mass is 16.2. The van der Waals surface area contributed by atoms with Crippen LogP contribution in [-0.2, 0) is 9.59 Å². The molecule has 3 N–H and O–H groups in total. The Bertz CT molecular complexity index is 339. The van der Waals surface area contributed by atoms with Gasteiger partial charge in [-0.1, -0.05) is 27.7 Å². The third-order valence-corrected chi connectivity index (χ3v) is 4.64. The fourth-order valence-corrected chi connectivity index (χ4v) is 2.55. The zero-order valence-electron chi connectivity index (χ0n) is 10.9. The number of hydrogen-bond acceptors (Lipinski definition) is 3. The van der Waals surface area contributed by atoms with Crippen molar-refractivity contribution in [3.63, 3.8) is 0 Å². The summed E-state index contributed by atoms with van der Waals surface area (Å²) >= 11 is 0. The Hall–Kier alpha value is -1.10. The van der Waals surface area contributed by atoms with E-state index in [1.54, 1.807) is 0 Å². The molecule has 1 heterocycles. The molecule has 1 aliphatic carbocycles. The van der Waals surface area contributed by atoms with Gasteiger partial charge in [0.25, 0.3) is 0 Å². The molecule has 1 atom stereocenters. The third kappa shape index (κ3) is 1.92. The number of hydrogen-bond donors (Lipinski definition) is 3. The van der Waals surface area contributed by atoms with Crippen molar-refractivity contribution in [2.24, 2.45) is 10.8 Å². The Labute approximate surface area is 102 Å². The number of rotatable bonds is 2. The molecule has 1 saturated heterocycles. The Kier molecular flexibility index (Phi) is 2.69. The molecule has 2 rings (SSSR count). The molecule has 0 bridgehead atoms. The lowest BCUT2D eigenvalue weighted by Gasteiger charge is -2.23. The molecule has 96 valence electrons. The van der Waals surface area contributed by atoms with Crippen LogP contribution in [0.15, 0.2) is 0 Å². The van der Waals surface area contributed by atoms with Crippen LogP contribution >= 0.6 is 0 Å². The summed E-state index contributed by atoms with van der Waals surface area (Å²) in [6, 6.07) is -0.0955. The standard InChI is InChI=1S/C12H21N3O2/c1-11(2)10(12(11,3)4)15-9(17)7-5-14-8(16)6-13-7/h7,10,13H,5-6H2,1-4H3,(H,14,16)(H,15,17). The molecule has 0 aromatic carbocycles. The number of amides is 2. The predicted molar refractivity (Wildman–Crippen MR) is 64.3 cm³/mol. The first kappa shape index (κ1) is 12.4. The summed E-state index contributed by atoms with van der Waals surface area (Å²) in [6.07, 6.45) is 0. The van der Waals surface area contributed by atoms with E-state index in [-0.39, 0.29) is 41.3 Å². The molecule has 0 aromatic heterocycles. The van der Waals surface area contributed by atoms with Gasteiger partial charge in [-0.3, -0.25) is 14.9 Å². The first-order valence-electron chi connectivity index (χ1n) is 6.07. The van der Waals surface area contributed by atoms with E-state index in [2.05, 4.69) is 43.6 Å². The van der Waals surface area contributed by atoms with Crippen LogP contribution < -0.4 is 16.0 Å². The monoisotopic (exact) mass is 239 g/mol. The van der Waals surface area contributed by atoms with Crippen LogP contribution in [0.3, 0.4) is 0 Å². The van der Waals surface area contributed by atoms with Crippen LogP contribution in [0.2, 0.25) is 0 Å². The van der Waals surface area contributed by atoms with E-state index >= 15 is 0 Å². The maximum Gasteiger partial charge on any atom is 0.239 e. The molecule has 2 amide bonds. The minimum Gasteiger partial charge on any atom is -0.353 e. The Balaban J connectivity index is 1.89. The molecule has 0 aromatic rings. The van der Waals surface area contributed by atoms with Crippen LogP contribution in [0.5, 0.6) is 0 Å². The molecule has 17 heavy (non-hydrogen) atoms. The van der Waals surface area contributed by atoms with Gasteiger partial charge in [-0.25, -0.2) is 0 Å². The highest BCUT2D eigenvalue weighted by Crippen LogP contribution is 2.62. The SMILES string of the molecule is CC1(C)C(NC(=O)C2CNC(=O)CN2)C1(C)C. The minimum atomic E-state index is -0.306. The quantitative estimate of drug-likeness (QED) is 0.615. The van der Waals surface area contributed by atoms with Gasteiger partial charge in [0.2, 0.25) is 11.8 Å². The lowest BCUT2D eigenvalue weighted by Crippen LogP contribution is -2.58. The first-order valence-corrected chi connectivity index (χ1v) is 6.07. The summed E-state index contributed by atoms with van der Waals surface area (Å²) in [5.41, 5.74) is 0.279. The van der Waals surface area contributed by atoms with Crippen molar-refractivity contribution in [3.05, 3.63) is 0 Å². The van der Waals surface area contributed by atoms with Crippen molar-refractivity contribution < 1.29 is 9.59 Å². The molecule has 1 unspecified atom stereocenters. The average molecular weight is 239 g/mol. The van der Waals surface area contributed by atoms with Crippen molar-refractivity contribution in [1.29, 1.82) is 0 Å². The van der Waals surface area contributed by atoms with Crippen LogP contribution in [0, 0.1) is 10.8 Å². The maximum absolute atomic E-state index is 12.0. The predicted octanol–water partition coefficient (Wildman–Crippen LogP) is -0.375. The van der Waals surface area contributed by atoms with E-state index in [0.717, 1.165) is 0 Å². The van der Waals surface area contributed by atoms with Gasteiger partial charge in [0, 0.05) is 12.6 Å². The number of piperazine rings is 1. The van der Waals surface area contributed by atoms with Crippen LogP contribution in [-0.4, -0.2) is 37.0 Å². The lowest BCUT2D eigenvalue weighted by atomic mass is 10.0. The molecule has 2 aliphatic rings. The molecule has 2 fully saturated rings. The number of carbonyl (C=O) groups excluding carboxylic acids is 2. The van der Waals surface area contributed by atoms with Crippen molar-refractivity contribution in [1.82, 2.24) is 16.0 Å². The van der Waals surface area contributed by atoms with Gasteiger partial charge < -0.3 is 10.6 Å². The van der Waals surface area contributed by atoms with Crippen LogP contribution in [0.1, 0.15) is 27.7 Å². The highest BCUT2D eigenvalue weighted by molar-refractivity contribution is 5.87. The summed E-state index contributed by atoms with van der Waals surface area (Å²) in [4.78, 5) is 23.0. The topological polar surface area (TPSA) is 70.2 Å². The van der Waals surface area contributed by atoms with Gasteiger partial charge in [0.1, 0.15) is 6.04 Å². The van der Waals surface area contributed by atoms with Gasteiger partial charge in [0.05, 0.1) is 6.54 Å². The van der Waals surface area contributed by atoms with Gasteiger partial charge in [-0.15, -0.1) is 0 Å². The summed E-state index contributed by atoms with van der Waals surface area (Å²) in [5.74, 6) is -0.0743. The zero-order valence-corrected chi connectivity index (χ0v) is 10.9. The van der Waals surface area contributed by atoms with Crippen LogP contribution in [0.4, 0.5) is 0 Å². The zero-order chi connectivity index (χ0) is 12.8. The van der Waals surface area contributed by atoms with E-state index < -0.39 is 0 Å². The summed E-state index contributed by atoms with van der Waals surface area (Å²) in [5, 5.41) is 8.68. The van der Waals surface area contributed by atoms with Gasteiger partial charge in [-0.2, -0.15) is 0 Å². The van der Waals surface area contributed by atoms with E-state index in [4.69, 9.17) is 0 Å². The summed E-state index contributed by atoms with van der Waals surface area (Å²) in [7, 11) is 0. The second-order valence-corrected chi connectivity index (χ2v) is 6.12. The lowest BCUT2D eigenvalue weighted by molar-refractivity contribution is -0.126. The van der Waals surface area contributed by atoms with Gasteiger partial charge >= 0.3 is 0 Å². The molecule has 1 aliphatic heterocycles. The van der Waals surface area contributed by atoms with Crippen molar-refractivity contribution in [3.8, 4) is 0 Å². The molecular formula is C12H21N3O2. The second-order valence-electron chi connectivity index (χ2n) is 6.12. The van der Waals surface area contributed by atoms with Gasteiger partial charge in [0.15, 0.2) is 0 Å². The number of nitrogens with one attached hydrogen (secondary N) is 3. The largest absolute Gasteiger partial charge is 0.353 e. The van der Waals surface area contributed by atoms with Crippen LogP contribution in [0.25, 0.3) is 0 Å². The first-order chi connectivity index (χ1) is 7.76. The second kappa shape index (κ2) is 3.70. The number of carbonyl (C=O) groups is 2. The fraction of sp³-hybridized carbons (Fsp3) is 0.833. The molecule has 1 saturated carbocycles. The van der Waals surface area contributed by atoms with Gasteiger partial charge in [-0.05, 0) is 10.8 Å². The molecule has 0 radical (unpaired) electrons. The molecule has 5 nitrogen and oxygen atoms in total. The van der Waals surface area contributed by atoms with Crippen molar-refractivity contribution in [2.75, 3.05) is 13.1 Å². The molecular weight excluding hydrogens is 218 g/mol. The highest BCUT2D eigenvalue weighted by Gasteiger charge is 2.65. The van der Waals surface area contributed by atoms with E-state index in [9.17, 15) is 9.59 Å².